The Morgan fingerprint density at radius 1 is 0.757 bits per heavy atom. The Morgan fingerprint density at radius 3 is 1.92 bits per heavy atom. The second-order valence-electron chi connectivity index (χ2n) is 18.5. The van der Waals surface area contributed by atoms with Gasteiger partial charge in [0, 0.05) is 19.0 Å². The second-order valence-corrected chi connectivity index (χ2v) is 21.6. The van der Waals surface area contributed by atoms with Gasteiger partial charge in [-0.3, -0.25) is 23.2 Å². The number of carbonyl (C=O) groups excluding carboxylic acids is 2. The number of nitrogens with zero attached hydrogens (tertiary/aromatic N) is 2. The fraction of sp³-hybridized carbons (Fsp3) is 0.654. The summed E-state index contributed by atoms with van der Waals surface area (Å²) >= 11 is 0. The summed E-state index contributed by atoms with van der Waals surface area (Å²) in [6, 6.07) is 1.23. The highest BCUT2D eigenvalue weighted by atomic mass is 31.3. The van der Waals surface area contributed by atoms with Crippen molar-refractivity contribution >= 4 is 33.4 Å². The first kappa shape index (κ1) is 66.2. The Hall–Kier alpha value is -3.88. The molecule has 2 heterocycles. The first-order valence-electron chi connectivity index (χ1n) is 26.0. The van der Waals surface area contributed by atoms with E-state index in [0.717, 1.165) is 48.8 Å². The number of hydrogen-bond acceptors (Lipinski definition) is 17. The zero-order valence-electron chi connectivity index (χ0n) is 43.5. The summed E-state index contributed by atoms with van der Waals surface area (Å²) in [6.07, 6.45) is 30.6. The van der Waals surface area contributed by atoms with Crippen LogP contribution in [0.2, 0.25) is 0 Å². The van der Waals surface area contributed by atoms with E-state index in [4.69, 9.17) is 29.0 Å². The molecular formula is C52H85N3O17P2. The average Bonchev–Trinajstić information content (AvgIpc) is 3.62. The van der Waals surface area contributed by atoms with E-state index in [-0.39, 0.29) is 25.1 Å². The van der Waals surface area contributed by atoms with Crippen LogP contribution in [-0.2, 0) is 46.3 Å². The number of phosphoric acid groups is 2. The summed E-state index contributed by atoms with van der Waals surface area (Å²) in [5.41, 5.74) is 4.57. The van der Waals surface area contributed by atoms with E-state index in [1.54, 1.807) is 48.6 Å². The number of esters is 2. The normalized spacial score (nSPS) is 20.4. The van der Waals surface area contributed by atoms with Crippen molar-refractivity contribution in [3.8, 4) is 0 Å². The van der Waals surface area contributed by atoms with Crippen molar-refractivity contribution in [1.82, 2.24) is 9.55 Å². The molecule has 8 N–H and O–H groups in total. The summed E-state index contributed by atoms with van der Waals surface area (Å²) in [4.78, 5) is 61.9. The highest BCUT2D eigenvalue weighted by Gasteiger charge is 2.46. The van der Waals surface area contributed by atoms with Crippen molar-refractivity contribution in [2.75, 3.05) is 25.6 Å². The van der Waals surface area contributed by atoms with Crippen LogP contribution in [0, 0.1) is 5.92 Å². The van der Waals surface area contributed by atoms with Crippen molar-refractivity contribution in [3.05, 3.63) is 95.7 Å². The van der Waals surface area contributed by atoms with Crippen LogP contribution < -0.4 is 11.4 Å². The Bertz CT molecular complexity index is 2080. The van der Waals surface area contributed by atoms with E-state index in [1.807, 2.05) is 31.2 Å². The number of nitrogen functional groups attached to an aromatic ring is 1. The smallest absolute Gasteiger partial charge is 0.462 e. The molecule has 420 valence electrons. The van der Waals surface area contributed by atoms with Gasteiger partial charge in [0.05, 0.1) is 25.4 Å². The Labute approximate surface area is 437 Å². The van der Waals surface area contributed by atoms with Crippen molar-refractivity contribution in [2.24, 2.45) is 5.92 Å². The average molecular weight is 1090 g/mol. The standard InChI is InChI=1S/C52H85N3O17P2/c1-4-5-22-30-42(56)32-25-20-21-26-33-43(57)31-24-17-14-15-19-28-35-48(59)70-44(38-67-47(58)34-27-18-13-11-9-7-6-8-10-12-16-23-29-41(2)3)39-68-73(63,64)72-74(65,66)69-40-45-49(60)50(61)51(71-45)55-37-36-46(53)54-52(55)62/h5,15,17,19-22,24-26,32-33,36-37,41-45,49-51,56-57,60-61H,4,6-14,16,18,23,27-31,34-35,38-40H2,1-3H3,(H,63,64)(H,65,66)(H2,53,54,62)/b19-15-,21-20-,22-5-,24-17-,32-25+,33-26+/t42-,43+,44+,45+,49+,50+,51+/m0/s1. The van der Waals surface area contributed by atoms with Gasteiger partial charge in [-0.05, 0) is 50.5 Å². The van der Waals surface area contributed by atoms with Crippen molar-refractivity contribution in [2.45, 2.75) is 192 Å². The zero-order chi connectivity index (χ0) is 54.6. The molecule has 1 fully saturated rings. The molecule has 0 amide bonds. The number of carbonyl (C=O) groups is 2. The van der Waals surface area contributed by atoms with Crippen LogP contribution in [0.25, 0.3) is 0 Å². The quantitative estimate of drug-likeness (QED) is 0.0106. The van der Waals surface area contributed by atoms with Gasteiger partial charge in [0.2, 0.25) is 0 Å². The number of aromatic nitrogens is 2. The number of aliphatic hydroxyl groups excluding tert-OH is 4. The van der Waals surface area contributed by atoms with Crippen LogP contribution in [0.1, 0.15) is 155 Å². The highest BCUT2D eigenvalue weighted by Crippen LogP contribution is 2.60. The molecule has 0 aliphatic carbocycles. The van der Waals surface area contributed by atoms with Crippen LogP contribution in [0.15, 0.2) is 90.0 Å². The minimum absolute atomic E-state index is 0.0874. The number of phosphoric ester groups is 2. The van der Waals surface area contributed by atoms with E-state index in [9.17, 15) is 53.7 Å². The van der Waals surface area contributed by atoms with E-state index in [2.05, 4.69) is 23.1 Å². The molecule has 1 aliphatic heterocycles. The largest absolute Gasteiger partial charge is 0.481 e. The fourth-order valence-corrected chi connectivity index (χ4v) is 9.46. The fourth-order valence-electron chi connectivity index (χ4n) is 7.35. The third-order valence-corrected chi connectivity index (χ3v) is 14.0. The molecule has 0 aromatic carbocycles. The highest BCUT2D eigenvalue weighted by molar-refractivity contribution is 7.61. The molecule has 2 rings (SSSR count). The molecule has 74 heavy (non-hydrogen) atoms. The Balaban J connectivity index is 1.86. The number of nitrogens with two attached hydrogens (primary N) is 1. The van der Waals surface area contributed by atoms with Gasteiger partial charge >= 0.3 is 33.3 Å². The summed E-state index contributed by atoms with van der Waals surface area (Å²) < 4.78 is 56.6. The molecule has 1 aromatic rings. The number of aliphatic hydroxyl groups is 4. The molecule has 9 atom stereocenters. The monoisotopic (exact) mass is 1090 g/mol. The molecule has 2 unspecified atom stereocenters. The summed E-state index contributed by atoms with van der Waals surface area (Å²) in [7, 11) is -10.9. The summed E-state index contributed by atoms with van der Waals surface area (Å²) in [5.74, 6) is -0.712. The minimum atomic E-state index is -5.47. The van der Waals surface area contributed by atoms with Gasteiger partial charge in [-0.1, -0.05) is 171 Å². The topological polar surface area (TPSA) is 306 Å². The number of hydrogen-bond donors (Lipinski definition) is 7. The van der Waals surface area contributed by atoms with Crippen LogP contribution in [-0.4, -0.2) is 108 Å². The maximum atomic E-state index is 12.9. The second kappa shape index (κ2) is 38.6. The molecule has 0 bridgehead atoms. The third-order valence-electron chi connectivity index (χ3n) is 11.4. The first-order valence-corrected chi connectivity index (χ1v) is 29.0. The summed E-state index contributed by atoms with van der Waals surface area (Å²) in [5, 5.41) is 41.0. The predicted octanol–water partition coefficient (Wildman–Crippen LogP) is 8.69. The van der Waals surface area contributed by atoms with Gasteiger partial charge in [0.1, 0.15) is 30.7 Å². The Morgan fingerprint density at radius 2 is 1.32 bits per heavy atom. The molecule has 20 nitrogen and oxygen atoms in total. The molecule has 1 aromatic heterocycles. The van der Waals surface area contributed by atoms with Gasteiger partial charge in [-0.15, -0.1) is 0 Å². The zero-order valence-corrected chi connectivity index (χ0v) is 45.3. The van der Waals surface area contributed by atoms with Crippen LogP contribution >= 0.6 is 15.6 Å². The molecule has 0 spiro atoms. The lowest BCUT2D eigenvalue weighted by molar-refractivity contribution is -0.161. The van der Waals surface area contributed by atoms with Gasteiger partial charge in [-0.2, -0.15) is 9.29 Å². The SMILES string of the molecule is CC/C=C\C[C@H](O)/C=C/C=C\C=C\[C@H](O)C/C=C\C/C=C\CCC(=O)O[C@H](COC(=O)CCCCCCCCCCCCCCC(C)C)COP(=O)(O)OP(=O)(O)OC[C@H]1O[C@@H](n2ccc(N)nc2=O)[C@H](O)[C@@H]1O. The minimum Gasteiger partial charge on any atom is -0.462 e. The molecule has 1 aliphatic rings. The van der Waals surface area contributed by atoms with Crippen LogP contribution in [0.4, 0.5) is 5.82 Å². The lowest BCUT2D eigenvalue weighted by atomic mass is 10.0. The molecule has 1 saturated heterocycles. The predicted molar refractivity (Wildman–Crippen MR) is 282 cm³/mol. The van der Waals surface area contributed by atoms with E-state index < -0.39 is 95.9 Å². The molecule has 0 radical (unpaired) electrons. The first-order chi connectivity index (χ1) is 35.3. The number of anilines is 1. The number of unbranched alkanes of at least 4 members (excludes halogenated alkanes) is 11. The summed E-state index contributed by atoms with van der Waals surface area (Å²) in [6.45, 7) is 4.09. The lowest BCUT2D eigenvalue weighted by Crippen LogP contribution is -2.36. The van der Waals surface area contributed by atoms with Gasteiger partial charge in [0.25, 0.3) is 0 Å². The van der Waals surface area contributed by atoms with Crippen molar-refractivity contribution in [1.29, 1.82) is 0 Å². The van der Waals surface area contributed by atoms with E-state index in [1.165, 1.54) is 57.4 Å². The van der Waals surface area contributed by atoms with Crippen LogP contribution in [0.3, 0.4) is 0 Å². The molecular weight excluding hydrogens is 1000 g/mol. The molecule has 0 saturated carbocycles. The van der Waals surface area contributed by atoms with E-state index >= 15 is 0 Å². The Kier molecular flexibility index (Phi) is 34.6. The van der Waals surface area contributed by atoms with Gasteiger partial charge < -0.3 is 50.2 Å². The maximum Gasteiger partial charge on any atom is 0.481 e. The third kappa shape index (κ3) is 31.9. The van der Waals surface area contributed by atoms with Gasteiger partial charge in [-0.25, -0.2) is 13.9 Å². The van der Waals surface area contributed by atoms with Gasteiger partial charge in [0.15, 0.2) is 12.3 Å². The van der Waals surface area contributed by atoms with Crippen molar-refractivity contribution < 1.29 is 76.5 Å². The molecule has 22 heteroatoms. The lowest BCUT2D eigenvalue weighted by Gasteiger charge is -2.21. The number of ether oxygens (including phenoxy) is 3. The van der Waals surface area contributed by atoms with Crippen LogP contribution in [0.5, 0.6) is 0 Å². The number of rotatable bonds is 41. The van der Waals surface area contributed by atoms with Crippen molar-refractivity contribution in [3.63, 3.8) is 0 Å². The van der Waals surface area contributed by atoms with E-state index in [0.29, 0.717) is 25.7 Å². The number of allylic oxidation sites excluding steroid dienone is 8. The maximum absolute atomic E-state index is 12.9.